The minimum absolute atomic E-state index is 0.381. The Kier molecular flexibility index (Phi) is 4.15. The summed E-state index contributed by atoms with van der Waals surface area (Å²) in [6.07, 6.45) is -0.701. The molecule has 0 fully saturated rings. The monoisotopic (exact) mass is 354 g/mol. The molecule has 2 aromatic heterocycles. The van der Waals surface area contributed by atoms with Crippen LogP contribution in [0.2, 0.25) is 5.02 Å². The smallest absolute Gasteiger partial charge is 0.436 e. The molecule has 0 saturated heterocycles. The highest BCUT2D eigenvalue weighted by Crippen LogP contribution is 2.35. The zero-order valence-electron chi connectivity index (χ0n) is 12.3. The van der Waals surface area contributed by atoms with Crippen molar-refractivity contribution in [2.45, 2.75) is 6.18 Å². The van der Waals surface area contributed by atoms with Gasteiger partial charge in [0.25, 0.3) is 0 Å². The summed E-state index contributed by atoms with van der Waals surface area (Å²) in [7, 11) is 1.47. The standard InChI is InChI=1S/C15H10ClF3N4O/c1-24-13-7-20-5-4-10(13)11-6-9(16)2-3-12(11)23-8-14(21-22-23)15(17,18)19/h2-8H,1H3. The van der Waals surface area contributed by atoms with E-state index < -0.39 is 11.9 Å². The van der Waals surface area contributed by atoms with Gasteiger partial charge in [0.1, 0.15) is 5.75 Å². The third-order valence-corrected chi connectivity index (χ3v) is 3.52. The molecule has 124 valence electrons. The fourth-order valence-electron chi connectivity index (χ4n) is 2.20. The van der Waals surface area contributed by atoms with Gasteiger partial charge in [0.15, 0.2) is 5.69 Å². The molecular weight excluding hydrogens is 345 g/mol. The van der Waals surface area contributed by atoms with Gasteiger partial charge in [-0.3, -0.25) is 4.98 Å². The first-order valence-corrected chi connectivity index (χ1v) is 7.06. The minimum atomic E-state index is -4.57. The predicted molar refractivity (Wildman–Crippen MR) is 81.2 cm³/mol. The molecule has 9 heteroatoms. The molecule has 24 heavy (non-hydrogen) atoms. The maximum atomic E-state index is 12.8. The lowest BCUT2D eigenvalue weighted by atomic mass is 10.0. The summed E-state index contributed by atoms with van der Waals surface area (Å²) < 4.78 is 44.6. The molecule has 0 aliphatic rings. The van der Waals surface area contributed by atoms with Crippen molar-refractivity contribution in [3.63, 3.8) is 0 Å². The zero-order valence-corrected chi connectivity index (χ0v) is 13.0. The number of hydrogen-bond acceptors (Lipinski definition) is 4. The largest absolute Gasteiger partial charge is 0.494 e. The Morgan fingerprint density at radius 2 is 1.96 bits per heavy atom. The van der Waals surface area contributed by atoms with E-state index in [-0.39, 0.29) is 0 Å². The number of benzene rings is 1. The lowest BCUT2D eigenvalue weighted by Crippen LogP contribution is -2.05. The van der Waals surface area contributed by atoms with E-state index in [0.29, 0.717) is 27.6 Å². The Balaban J connectivity index is 2.18. The first kappa shape index (κ1) is 16.3. The summed E-state index contributed by atoms with van der Waals surface area (Å²) in [6.45, 7) is 0. The van der Waals surface area contributed by atoms with Crippen LogP contribution in [-0.4, -0.2) is 27.1 Å². The number of alkyl halides is 3. The second-order valence-corrected chi connectivity index (χ2v) is 5.22. The van der Waals surface area contributed by atoms with Gasteiger partial charge in [-0.05, 0) is 24.3 Å². The second kappa shape index (κ2) is 6.12. The van der Waals surface area contributed by atoms with Crippen molar-refractivity contribution in [1.82, 2.24) is 20.0 Å². The van der Waals surface area contributed by atoms with Crippen LogP contribution in [-0.2, 0) is 6.18 Å². The van der Waals surface area contributed by atoms with Crippen molar-refractivity contribution >= 4 is 11.6 Å². The van der Waals surface area contributed by atoms with Gasteiger partial charge in [-0.15, -0.1) is 5.10 Å². The maximum Gasteiger partial charge on any atom is 0.436 e. The average molecular weight is 355 g/mol. The van der Waals surface area contributed by atoms with E-state index in [9.17, 15) is 13.2 Å². The van der Waals surface area contributed by atoms with E-state index in [1.807, 2.05) is 0 Å². The highest BCUT2D eigenvalue weighted by Gasteiger charge is 2.34. The van der Waals surface area contributed by atoms with Crippen molar-refractivity contribution in [3.8, 4) is 22.6 Å². The highest BCUT2D eigenvalue weighted by molar-refractivity contribution is 6.31. The second-order valence-electron chi connectivity index (χ2n) is 4.78. The van der Waals surface area contributed by atoms with Crippen molar-refractivity contribution < 1.29 is 17.9 Å². The summed E-state index contributed by atoms with van der Waals surface area (Å²) >= 11 is 6.05. The van der Waals surface area contributed by atoms with Crippen molar-refractivity contribution in [2.24, 2.45) is 0 Å². The number of ether oxygens (including phenoxy) is 1. The average Bonchev–Trinajstić information content (AvgIpc) is 3.05. The van der Waals surface area contributed by atoms with Gasteiger partial charge in [-0.1, -0.05) is 16.8 Å². The van der Waals surface area contributed by atoms with Gasteiger partial charge in [0, 0.05) is 22.3 Å². The van der Waals surface area contributed by atoms with Crippen molar-refractivity contribution in [1.29, 1.82) is 0 Å². The van der Waals surface area contributed by atoms with Crippen LogP contribution in [0, 0.1) is 0 Å². The topological polar surface area (TPSA) is 52.8 Å². The molecule has 5 nitrogen and oxygen atoms in total. The Morgan fingerprint density at radius 1 is 1.17 bits per heavy atom. The Hall–Kier alpha value is -2.61. The maximum absolute atomic E-state index is 12.8. The van der Waals surface area contributed by atoms with Crippen molar-refractivity contribution in [3.05, 3.63) is 53.6 Å². The third kappa shape index (κ3) is 3.05. The number of nitrogens with zero attached hydrogens (tertiary/aromatic N) is 4. The molecule has 0 N–H and O–H groups in total. The molecule has 0 atom stereocenters. The van der Waals surface area contributed by atoms with Crippen LogP contribution in [0.1, 0.15) is 5.69 Å². The number of methoxy groups -OCH3 is 1. The molecule has 0 spiro atoms. The van der Waals surface area contributed by atoms with Crippen LogP contribution in [0.25, 0.3) is 16.8 Å². The van der Waals surface area contributed by atoms with Gasteiger partial charge in [0.2, 0.25) is 0 Å². The van der Waals surface area contributed by atoms with Crippen LogP contribution in [0.5, 0.6) is 5.75 Å². The molecule has 0 amide bonds. The van der Waals surface area contributed by atoms with Gasteiger partial charge < -0.3 is 4.74 Å². The van der Waals surface area contributed by atoms with E-state index in [1.54, 1.807) is 30.5 Å². The van der Waals surface area contributed by atoms with Crippen LogP contribution in [0.3, 0.4) is 0 Å². The van der Waals surface area contributed by atoms with E-state index in [4.69, 9.17) is 16.3 Å². The zero-order chi connectivity index (χ0) is 17.3. The molecule has 0 radical (unpaired) electrons. The molecule has 0 aliphatic heterocycles. The molecule has 3 aromatic rings. The molecular formula is C15H10ClF3N4O. The summed E-state index contributed by atoms with van der Waals surface area (Å²) in [5, 5.41) is 7.17. The number of pyridine rings is 1. The lowest BCUT2D eigenvalue weighted by Gasteiger charge is -2.12. The Bertz CT molecular complexity index is 879. The predicted octanol–water partition coefficient (Wildman–Crippen LogP) is 4.01. The number of rotatable bonds is 3. The Labute approximate surface area is 139 Å². The molecule has 0 aliphatic carbocycles. The fraction of sp³-hybridized carbons (Fsp3) is 0.133. The highest BCUT2D eigenvalue weighted by atomic mass is 35.5. The summed E-state index contributed by atoms with van der Waals surface area (Å²) in [5.74, 6) is 0.456. The van der Waals surface area contributed by atoms with Crippen LogP contribution in [0.15, 0.2) is 42.9 Å². The van der Waals surface area contributed by atoms with Gasteiger partial charge in [0.05, 0.1) is 25.2 Å². The number of halogens is 4. The van der Waals surface area contributed by atoms with Gasteiger partial charge in [-0.25, -0.2) is 4.68 Å². The van der Waals surface area contributed by atoms with E-state index >= 15 is 0 Å². The first-order chi connectivity index (χ1) is 11.4. The van der Waals surface area contributed by atoms with E-state index in [0.717, 1.165) is 10.9 Å². The summed E-state index contributed by atoms with van der Waals surface area (Å²) in [5.41, 5.74) is 0.464. The van der Waals surface area contributed by atoms with Crippen LogP contribution >= 0.6 is 11.6 Å². The Morgan fingerprint density at radius 3 is 2.62 bits per heavy atom. The molecule has 0 saturated carbocycles. The molecule has 2 heterocycles. The molecule has 0 bridgehead atoms. The van der Waals surface area contributed by atoms with Crippen LogP contribution in [0.4, 0.5) is 13.2 Å². The third-order valence-electron chi connectivity index (χ3n) is 3.28. The molecule has 1 aromatic carbocycles. The van der Waals surface area contributed by atoms with Gasteiger partial charge >= 0.3 is 6.18 Å². The van der Waals surface area contributed by atoms with E-state index in [1.165, 1.54) is 13.3 Å². The fourth-order valence-corrected chi connectivity index (χ4v) is 2.37. The number of hydrogen-bond donors (Lipinski definition) is 0. The van der Waals surface area contributed by atoms with Gasteiger partial charge in [-0.2, -0.15) is 13.2 Å². The SMILES string of the molecule is COc1cnccc1-c1cc(Cl)ccc1-n1cc(C(F)(F)F)nn1. The first-order valence-electron chi connectivity index (χ1n) is 6.68. The minimum Gasteiger partial charge on any atom is -0.494 e. The molecule has 0 unspecified atom stereocenters. The quantitative estimate of drug-likeness (QED) is 0.713. The molecule has 3 rings (SSSR count). The van der Waals surface area contributed by atoms with E-state index in [2.05, 4.69) is 15.3 Å². The number of aromatic nitrogens is 4. The normalized spacial score (nSPS) is 11.5. The van der Waals surface area contributed by atoms with Crippen molar-refractivity contribution in [2.75, 3.05) is 7.11 Å². The van der Waals surface area contributed by atoms with Crippen LogP contribution < -0.4 is 4.74 Å². The lowest BCUT2D eigenvalue weighted by molar-refractivity contribution is -0.141. The summed E-state index contributed by atoms with van der Waals surface area (Å²) in [4.78, 5) is 3.96. The summed E-state index contributed by atoms with van der Waals surface area (Å²) in [6, 6.07) is 6.41.